The minimum Gasteiger partial charge on any atom is -0.496 e. The second kappa shape index (κ2) is 5.53. The highest BCUT2D eigenvalue weighted by molar-refractivity contribution is 9.10. The molecule has 0 bridgehead atoms. The summed E-state index contributed by atoms with van der Waals surface area (Å²) in [7, 11) is 1.69. The van der Waals surface area contributed by atoms with Crippen molar-refractivity contribution in [2.24, 2.45) is 0 Å². The maximum absolute atomic E-state index is 5.98. The number of ether oxygens (including phenoxy) is 1. The van der Waals surface area contributed by atoms with Crippen LogP contribution in [0, 0.1) is 13.8 Å². The Morgan fingerprint density at radius 3 is 2.26 bits per heavy atom. The number of nitrogens with one attached hydrogen (secondary N) is 1. The molecule has 0 unspecified atom stereocenters. The van der Waals surface area contributed by atoms with Crippen molar-refractivity contribution in [2.75, 3.05) is 18.2 Å². The van der Waals surface area contributed by atoms with Crippen LogP contribution in [-0.2, 0) is 0 Å². The largest absolute Gasteiger partial charge is 0.496 e. The van der Waals surface area contributed by atoms with Gasteiger partial charge in [0.1, 0.15) is 5.75 Å². The van der Waals surface area contributed by atoms with E-state index in [1.807, 2.05) is 44.2 Å². The van der Waals surface area contributed by atoms with Crippen molar-refractivity contribution in [1.29, 1.82) is 0 Å². The lowest BCUT2D eigenvalue weighted by molar-refractivity contribution is 0.408. The Balaban J connectivity index is 2.33. The molecule has 0 fully saturated rings. The molecule has 4 heteroatoms. The fourth-order valence-corrected chi connectivity index (χ4v) is 2.53. The van der Waals surface area contributed by atoms with E-state index in [0.717, 1.165) is 32.7 Å². The molecular formula is C15H17BrN2O. The predicted octanol–water partition coefficient (Wildman–Crippen LogP) is 4.40. The summed E-state index contributed by atoms with van der Waals surface area (Å²) < 4.78 is 6.33. The highest BCUT2D eigenvalue weighted by Crippen LogP contribution is 2.31. The van der Waals surface area contributed by atoms with Gasteiger partial charge in [0.15, 0.2) is 0 Å². The molecule has 0 atom stereocenters. The number of methoxy groups -OCH3 is 1. The molecule has 2 aromatic carbocycles. The fourth-order valence-electron chi connectivity index (χ4n) is 2.15. The molecule has 19 heavy (non-hydrogen) atoms. The Labute approximate surface area is 121 Å². The summed E-state index contributed by atoms with van der Waals surface area (Å²) in [6.07, 6.45) is 0. The molecule has 2 aromatic rings. The van der Waals surface area contributed by atoms with E-state index in [9.17, 15) is 0 Å². The Morgan fingerprint density at radius 1 is 1.11 bits per heavy atom. The molecule has 3 nitrogen and oxygen atoms in total. The van der Waals surface area contributed by atoms with E-state index in [1.165, 1.54) is 0 Å². The zero-order valence-corrected chi connectivity index (χ0v) is 12.8. The Morgan fingerprint density at radius 2 is 1.74 bits per heavy atom. The zero-order chi connectivity index (χ0) is 14.0. The van der Waals surface area contributed by atoms with Crippen LogP contribution in [0.1, 0.15) is 11.1 Å². The van der Waals surface area contributed by atoms with Crippen molar-refractivity contribution in [3.63, 3.8) is 0 Å². The smallest absolute Gasteiger partial charge is 0.124 e. The number of benzene rings is 2. The first-order valence-electron chi connectivity index (χ1n) is 5.98. The highest BCUT2D eigenvalue weighted by atomic mass is 79.9. The minimum atomic E-state index is 0.709. The van der Waals surface area contributed by atoms with Crippen LogP contribution in [0.4, 0.5) is 17.1 Å². The van der Waals surface area contributed by atoms with Gasteiger partial charge in [0, 0.05) is 10.2 Å². The number of hydrogen-bond acceptors (Lipinski definition) is 3. The minimum absolute atomic E-state index is 0.709. The van der Waals surface area contributed by atoms with Crippen molar-refractivity contribution in [2.45, 2.75) is 13.8 Å². The van der Waals surface area contributed by atoms with Gasteiger partial charge >= 0.3 is 0 Å². The van der Waals surface area contributed by atoms with Crippen LogP contribution in [0.2, 0.25) is 0 Å². The SMILES string of the molecule is COc1c(C)cc(Nc2ccc(Br)cc2N)cc1C. The number of halogens is 1. The summed E-state index contributed by atoms with van der Waals surface area (Å²) in [5.41, 5.74) is 10.8. The fraction of sp³-hybridized carbons (Fsp3) is 0.200. The summed E-state index contributed by atoms with van der Waals surface area (Å²) >= 11 is 3.40. The molecule has 3 N–H and O–H groups in total. The van der Waals surface area contributed by atoms with Gasteiger partial charge in [-0.05, 0) is 55.3 Å². The molecule has 0 aliphatic rings. The maximum Gasteiger partial charge on any atom is 0.124 e. The third-order valence-corrected chi connectivity index (χ3v) is 3.45. The standard InChI is InChI=1S/C15H17BrN2O/c1-9-6-12(7-10(2)15(9)19-3)18-14-5-4-11(16)8-13(14)17/h4-8,18H,17H2,1-3H3. The molecule has 2 rings (SSSR count). The van der Waals surface area contributed by atoms with Gasteiger partial charge in [-0.15, -0.1) is 0 Å². The van der Waals surface area contributed by atoms with E-state index in [0.29, 0.717) is 5.69 Å². The van der Waals surface area contributed by atoms with E-state index >= 15 is 0 Å². The van der Waals surface area contributed by atoms with E-state index in [-0.39, 0.29) is 0 Å². The van der Waals surface area contributed by atoms with E-state index in [4.69, 9.17) is 10.5 Å². The van der Waals surface area contributed by atoms with Crippen molar-refractivity contribution in [1.82, 2.24) is 0 Å². The third kappa shape index (κ3) is 3.01. The number of hydrogen-bond donors (Lipinski definition) is 2. The number of rotatable bonds is 3. The normalized spacial score (nSPS) is 10.3. The summed E-state index contributed by atoms with van der Waals surface area (Å²) in [5, 5.41) is 3.33. The molecule has 0 aliphatic carbocycles. The third-order valence-electron chi connectivity index (χ3n) is 2.96. The number of nitrogens with two attached hydrogens (primary N) is 1. The topological polar surface area (TPSA) is 47.3 Å². The van der Waals surface area contributed by atoms with Crippen LogP contribution in [0.3, 0.4) is 0 Å². The molecule has 0 amide bonds. The molecule has 0 spiro atoms. The lowest BCUT2D eigenvalue weighted by atomic mass is 10.1. The van der Waals surface area contributed by atoms with E-state index in [2.05, 4.69) is 21.2 Å². The Hall–Kier alpha value is -1.68. The van der Waals surface area contributed by atoms with Crippen molar-refractivity contribution < 1.29 is 4.74 Å². The molecule has 0 radical (unpaired) electrons. The van der Waals surface area contributed by atoms with E-state index in [1.54, 1.807) is 7.11 Å². The maximum atomic E-state index is 5.98. The van der Waals surface area contributed by atoms with Crippen LogP contribution >= 0.6 is 15.9 Å². The summed E-state index contributed by atoms with van der Waals surface area (Å²) in [4.78, 5) is 0. The second-order valence-corrected chi connectivity index (χ2v) is 5.42. The van der Waals surface area contributed by atoms with Crippen LogP contribution in [-0.4, -0.2) is 7.11 Å². The highest BCUT2D eigenvalue weighted by Gasteiger charge is 2.06. The summed E-state index contributed by atoms with van der Waals surface area (Å²) in [6.45, 7) is 4.06. The van der Waals surface area contributed by atoms with Gasteiger partial charge in [-0.25, -0.2) is 0 Å². The van der Waals surface area contributed by atoms with Gasteiger partial charge in [0.25, 0.3) is 0 Å². The summed E-state index contributed by atoms with van der Waals surface area (Å²) in [5.74, 6) is 0.925. The molecule has 0 saturated carbocycles. The average Bonchev–Trinajstić information content (AvgIpc) is 2.32. The lowest BCUT2D eigenvalue weighted by Crippen LogP contribution is -1.98. The summed E-state index contributed by atoms with van der Waals surface area (Å²) in [6, 6.07) is 9.89. The lowest BCUT2D eigenvalue weighted by Gasteiger charge is -2.14. The Bertz CT molecular complexity index is 588. The first-order valence-corrected chi connectivity index (χ1v) is 6.78. The van der Waals surface area contributed by atoms with Crippen LogP contribution < -0.4 is 15.8 Å². The molecule has 0 saturated heterocycles. The van der Waals surface area contributed by atoms with Crippen LogP contribution in [0.5, 0.6) is 5.75 Å². The van der Waals surface area contributed by atoms with Gasteiger partial charge in [0.2, 0.25) is 0 Å². The first-order chi connectivity index (χ1) is 9.01. The van der Waals surface area contributed by atoms with Gasteiger partial charge in [0.05, 0.1) is 18.5 Å². The van der Waals surface area contributed by atoms with Crippen molar-refractivity contribution in [3.8, 4) is 5.75 Å². The van der Waals surface area contributed by atoms with E-state index < -0.39 is 0 Å². The van der Waals surface area contributed by atoms with Crippen molar-refractivity contribution in [3.05, 3.63) is 45.9 Å². The van der Waals surface area contributed by atoms with Gasteiger partial charge in [-0.1, -0.05) is 15.9 Å². The first kappa shape index (κ1) is 13.7. The monoisotopic (exact) mass is 320 g/mol. The van der Waals surface area contributed by atoms with Crippen LogP contribution in [0.25, 0.3) is 0 Å². The molecule has 0 aromatic heterocycles. The number of aryl methyl sites for hydroxylation is 2. The second-order valence-electron chi connectivity index (χ2n) is 4.50. The quantitative estimate of drug-likeness (QED) is 0.824. The predicted molar refractivity (Wildman–Crippen MR) is 84.3 cm³/mol. The number of anilines is 3. The van der Waals surface area contributed by atoms with Crippen molar-refractivity contribution >= 4 is 33.0 Å². The molecule has 0 aliphatic heterocycles. The molecular weight excluding hydrogens is 304 g/mol. The van der Waals surface area contributed by atoms with Crippen LogP contribution in [0.15, 0.2) is 34.8 Å². The zero-order valence-electron chi connectivity index (χ0n) is 11.3. The van der Waals surface area contributed by atoms with Gasteiger partial charge in [-0.2, -0.15) is 0 Å². The Kier molecular flexibility index (Phi) is 4.00. The number of nitrogen functional groups attached to an aromatic ring is 1. The van der Waals surface area contributed by atoms with Gasteiger partial charge < -0.3 is 15.8 Å². The average molecular weight is 321 g/mol. The molecule has 100 valence electrons. The molecule has 0 heterocycles. The van der Waals surface area contributed by atoms with Gasteiger partial charge in [-0.3, -0.25) is 0 Å².